The van der Waals surface area contributed by atoms with Crippen molar-refractivity contribution in [2.24, 2.45) is 0 Å². The Kier molecular flexibility index (Phi) is 3.38. The van der Waals surface area contributed by atoms with Crippen molar-refractivity contribution in [1.82, 2.24) is 5.32 Å². The van der Waals surface area contributed by atoms with E-state index in [0.717, 1.165) is 30.2 Å². The average molecular weight is 255 g/mol. The van der Waals surface area contributed by atoms with Crippen molar-refractivity contribution < 1.29 is 9.47 Å². The highest BCUT2D eigenvalue weighted by atomic mass is 16.5. The number of hydrogen-bond acceptors (Lipinski definition) is 3. The van der Waals surface area contributed by atoms with Gasteiger partial charge in [0.25, 0.3) is 0 Å². The minimum Gasteiger partial charge on any atom is -0.496 e. The number of para-hydroxylation sites is 2. The van der Waals surface area contributed by atoms with E-state index in [2.05, 4.69) is 17.4 Å². The standard InChI is InChI=1S/C16H17NO2/c1-18-15-9-5-3-7-13(15)16-11-17-10-12-6-2-4-8-14(12)19-16/h2-9,16-17H,10-11H2,1H3. The third-order valence-electron chi connectivity index (χ3n) is 3.37. The van der Waals surface area contributed by atoms with Crippen molar-refractivity contribution >= 4 is 0 Å². The molecular formula is C16H17NO2. The molecule has 0 amide bonds. The lowest BCUT2D eigenvalue weighted by molar-refractivity contribution is 0.205. The molecule has 1 heterocycles. The molecule has 0 radical (unpaired) electrons. The van der Waals surface area contributed by atoms with E-state index in [1.54, 1.807) is 7.11 Å². The van der Waals surface area contributed by atoms with Crippen LogP contribution in [0.4, 0.5) is 0 Å². The molecule has 3 heteroatoms. The van der Waals surface area contributed by atoms with Crippen molar-refractivity contribution in [1.29, 1.82) is 0 Å². The summed E-state index contributed by atoms with van der Waals surface area (Å²) in [5.41, 5.74) is 2.27. The second-order valence-corrected chi connectivity index (χ2v) is 4.59. The van der Waals surface area contributed by atoms with Crippen LogP contribution in [0, 0.1) is 0 Å². The van der Waals surface area contributed by atoms with Gasteiger partial charge in [0.15, 0.2) is 0 Å². The molecule has 2 aromatic rings. The Morgan fingerprint density at radius 1 is 1.11 bits per heavy atom. The van der Waals surface area contributed by atoms with E-state index >= 15 is 0 Å². The number of nitrogens with one attached hydrogen (secondary N) is 1. The highest BCUT2D eigenvalue weighted by molar-refractivity contribution is 5.39. The molecule has 0 fully saturated rings. The molecule has 98 valence electrons. The van der Waals surface area contributed by atoms with Crippen LogP contribution in [0.1, 0.15) is 17.2 Å². The normalized spacial score (nSPS) is 18.1. The molecule has 0 saturated carbocycles. The molecule has 1 atom stereocenters. The van der Waals surface area contributed by atoms with Gasteiger partial charge in [0.05, 0.1) is 7.11 Å². The number of rotatable bonds is 2. The summed E-state index contributed by atoms with van der Waals surface area (Å²) in [7, 11) is 1.69. The summed E-state index contributed by atoms with van der Waals surface area (Å²) in [6, 6.07) is 16.2. The average Bonchev–Trinajstić information content (AvgIpc) is 2.69. The van der Waals surface area contributed by atoms with Crippen LogP contribution in [0.3, 0.4) is 0 Å². The van der Waals surface area contributed by atoms with Gasteiger partial charge < -0.3 is 14.8 Å². The maximum absolute atomic E-state index is 6.14. The van der Waals surface area contributed by atoms with Gasteiger partial charge in [-0.15, -0.1) is 0 Å². The van der Waals surface area contributed by atoms with Gasteiger partial charge in [-0.1, -0.05) is 36.4 Å². The summed E-state index contributed by atoms with van der Waals surface area (Å²) >= 11 is 0. The number of methoxy groups -OCH3 is 1. The van der Waals surface area contributed by atoms with Crippen LogP contribution in [0.25, 0.3) is 0 Å². The van der Waals surface area contributed by atoms with Crippen LogP contribution in [0.5, 0.6) is 11.5 Å². The molecule has 3 rings (SSSR count). The topological polar surface area (TPSA) is 30.5 Å². The van der Waals surface area contributed by atoms with Crippen LogP contribution in [0.15, 0.2) is 48.5 Å². The lowest BCUT2D eigenvalue weighted by atomic mass is 10.1. The second-order valence-electron chi connectivity index (χ2n) is 4.59. The van der Waals surface area contributed by atoms with Gasteiger partial charge >= 0.3 is 0 Å². The van der Waals surface area contributed by atoms with E-state index < -0.39 is 0 Å². The highest BCUT2D eigenvalue weighted by Crippen LogP contribution is 2.32. The molecule has 0 aromatic heterocycles. The predicted molar refractivity (Wildman–Crippen MR) is 74.5 cm³/mol. The van der Waals surface area contributed by atoms with Gasteiger partial charge in [0.2, 0.25) is 0 Å². The third-order valence-corrected chi connectivity index (χ3v) is 3.37. The van der Waals surface area contributed by atoms with Crippen molar-refractivity contribution in [3.63, 3.8) is 0 Å². The summed E-state index contributed by atoms with van der Waals surface area (Å²) in [6.45, 7) is 1.61. The monoisotopic (exact) mass is 255 g/mol. The van der Waals surface area contributed by atoms with E-state index in [-0.39, 0.29) is 6.10 Å². The van der Waals surface area contributed by atoms with Gasteiger partial charge in [-0.3, -0.25) is 0 Å². The van der Waals surface area contributed by atoms with E-state index in [4.69, 9.17) is 9.47 Å². The Labute approximate surface area is 113 Å². The van der Waals surface area contributed by atoms with Crippen LogP contribution in [0.2, 0.25) is 0 Å². The number of ether oxygens (including phenoxy) is 2. The van der Waals surface area contributed by atoms with Gasteiger partial charge in [0, 0.05) is 24.2 Å². The number of fused-ring (bicyclic) bond motifs is 1. The molecule has 1 N–H and O–H groups in total. The first-order valence-corrected chi connectivity index (χ1v) is 6.46. The largest absolute Gasteiger partial charge is 0.496 e. The van der Waals surface area contributed by atoms with E-state index in [1.165, 1.54) is 5.56 Å². The van der Waals surface area contributed by atoms with Crippen molar-refractivity contribution in [2.45, 2.75) is 12.6 Å². The Bertz CT molecular complexity index is 568. The quantitative estimate of drug-likeness (QED) is 0.895. The fourth-order valence-electron chi connectivity index (χ4n) is 2.40. The maximum atomic E-state index is 6.14. The molecular weight excluding hydrogens is 238 g/mol. The lowest BCUT2D eigenvalue weighted by Crippen LogP contribution is -2.21. The minimum atomic E-state index is -0.0280. The fourth-order valence-corrected chi connectivity index (χ4v) is 2.40. The summed E-state index contributed by atoms with van der Waals surface area (Å²) in [5.74, 6) is 1.82. The molecule has 1 aliphatic rings. The zero-order valence-corrected chi connectivity index (χ0v) is 10.9. The number of benzene rings is 2. The summed E-state index contributed by atoms with van der Waals surface area (Å²) < 4.78 is 11.6. The highest BCUT2D eigenvalue weighted by Gasteiger charge is 2.21. The van der Waals surface area contributed by atoms with E-state index in [9.17, 15) is 0 Å². The Hall–Kier alpha value is -2.00. The molecule has 19 heavy (non-hydrogen) atoms. The molecule has 3 nitrogen and oxygen atoms in total. The zero-order chi connectivity index (χ0) is 13.1. The summed E-state index contributed by atoms with van der Waals surface area (Å²) in [6.07, 6.45) is -0.0280. The number of hydrogen-bond donors (Lipinski definition) is 1. The first-order chi connectivity index (χ1) is 9.38. The molecule has 2 aromatic carbocycles. The van der Waals surface area contributed by atoms with Gasteiger partial charge in [-0.2, -0.15) is 0 Å². The molecule has 0 spiro atoms. The predicted octanol–water partition coefficient (Wildman–Crippen LogP) is 2.92. The Morgan fingerprint density at radius 2 is 1.89 bits per heavy atom. The molecule has 0 saturated heterocycles. The second kappa shape index (κ2) is 5.33. The summed E-state index contributed by atoms with van der Waals surface area (Å²) in [4.78, 5) is 0. The first-order valence-electron chi connectivity index (χ1n) is 6.46. The van der Waals surface area contributed by atoms with Crippen LogP contribution >= 0.6 is 0 Å². The van der Waals surface area contributed by atoms with Crippen LogP contribution in [-0.4, -0.2) is 13.7 Å². The maximum Gasteiger partial charge on any atom is 0.140 e. The van der Waals surface area contributed by atoms with E-state index in [1.807, 2.05) is 36.4 Å². The smallest absolute Gasteiger partial charge is 0.140 e. The SMILES string of the molecule is COc1ccccc1C1CNCc2ccccc2O1. The molecule has 0 bridgehead atoms. The Balaban J connectivity index is 1.94. The fraction of sp³-hybridized carbons (Fsp3) is 0.250. The van der Waals surface area contributed by atoms with E-state index in [0.29, 0.717) is 0 Å². The van der Waals surface area contributed by atoms with Gasteiger partial charge in [-0.25, -0.2) is 0 Å². The minimum absolute atomic E-state index is 0.0280. The molecule has 1 aliphatic heterocycles. The van der Waals surface area contributed by atoms with Gasteiger partial charge in [-0.05, 0) is 12.1 Å². The lowest BCUT2D eigenvalue weighted by Gasteiger charge is -2.19. The summed E-state index contributed by atoms with van der Waals surface area (Å²) in [5, 5.41) is 3.42. The first kappa shape index (κ1) is 12.1. The van der Waals surface area contributed by atoms with Crippen molar-refractivity contribution in [2.75, 3.05) is 13.7 Å². The van der Waals surface area contributed by atoms with Crippen LogP contribution < -0.4 is 14.8 Å². The van der Waals surface area contributed by atoms with Gasteiger partial charge in [0.1, 0.15) is 17.6 Å². The van der Waals surface area contributed by atoms with Crippen molar-refractivity contribution in [3.8, 4) is 11.5 Å². The zero-order valence-electron chi connectivity index (χ0n) is 10.9. The molecule has 1 unspecified atom stereocenters. The third kappa shape index (κ3) is 2.42. The Morgan fingerprint density at radius 3 is 2.79 bits per heavy atom. The van der Waals surface area contributed by atoms with Crippen LogP contribution in [-0.2, 0) is 6.54 Å². The van der Waals surface area contributed by atoms with Crippen molar-refractivity contribution in [3.05, 3.63) is 59.7 Å². The molecule has 0 aliphatic carbocycles.